The molecule has 0 amide bonds. The molecule has 1 aliphatic rings. The summed E-state index contributed by atoms with van der Waals surface area (Å²) in [5.41, 5.74) is 0. The highest BCUT2D eigenvalue weighted by atomic mass is 32.1. The van der Waals surface area contributed by atoms with Crippen molar-refractivity contribution >= 4 is 12.6 Å². The average molecular weight is 160 g/mol. The lowest BCUT2D eigenvalue weighted by Crippen LogP contribution is -2.46. The average Bonchev–Trinajstić information content (AvgIpc) is 1.88. The number of hydrogen-bond donors (Lipinski definition) is 1. The van der Waals surface area contributed by atoms with Crippen molar-refractivity contribution in [2.75, 3.05) is 33.2 Å². The quantitative estimate of drug-likeness (QED) is 0.558. The zero-order valence-electron chi connectivity index (χ0n) is 6.75. The zero-order chi connectivity index (χ0) is 7.56. The summed E-state index contributed by atoms with van der Waals surface area (Å²) >= 11 is 4.38. The number of piperazine rings is 1. The van der Waals surface area contributed by atoms with Gasteiger partial charge in [0.1, 0.15) is 0 Å². The third-order valence-corrected chi connectivity index (χ3v) is 2.39. The fourth-order valence-corrected chi connectivity index (χ4v) is 1.43. The van der Waals surface area contributed by atoms with E-state index in [0.717, 1.165) is 0 Å². The molecule has 60 valence electrons. The molecule has 10 heavy (non-hydrogen) atoms. The summed E-state index contributed by atoms with van der Waals surface area (Å²) in [6.07, 6.45) is 0. The molecule has 1 aliphatic heterocycles. The van der Waals surface area contributed by atoms with Gasteiger partial charge in [-0.05, 0) is 14.0 Å². The topological polar surface area (TPSA) is 6.48 Å². The summed E-state index contributed by atoms with van der Waals surface area (Å²) < 4.78 is 0. The van der Waals surface area contributed by atoms with Crippen LogP contribution < -0.4 is 0 Å². The Kier molecular flexibility index (Phi) is 3.01. The Hall–Kier alpha value is 0.270. The Morgan fingerprint density at radius 2 is 1.70 bits per heavy atom. The van der Waals surface area contributed by atoms with Crippen LogP contribution in [0, 0.1) is 0 Å². The van der Waals surface area contributed by atoms with Crippen LogP contribution in [0.5, 0.6) is 0 Å². The predicted octanol–water partition coefficient (Wildman–Crippen LogP) is 0.510. The van der Waals surface area contributed by atoms with Gasteiger partial charge in [-0.3, -0.25) is 4.90 Å². The first-order valence-corrected chi connectivity index (χ1v) is 4.32. The van der Waals surface area contributed by atoms with E-state index < -0.39 is 0 Å². The molecular weight excluding hydrogens is 144 g/mol. The minimum Gasteiger partial charge on any atom is -0.304 e. The second-order valence-electron chi connectivity index (χ2n) is 2.97. The second-order valence-corrected chi connectivity index (χ2v) is 3.72. The smallest absolute Gasteiger partial charge is 0.0500 e. The highest BCUT2D eigenvalue weighted by Gasteiger charge is 2.15. The Balaban J connectivity index is 2.26. The predicted molar refractivity (Wildman–Crippen MR) is 47.5 cm³/mol. The third-order valence-electron chi connectivity index (χ3n) is 2.07. The Bertz CT molecular complexity index is 97.8. The third kappa shape index (κ3) is 2.15. The van der Waals surface area contributed by atoms with Crippen LogP contribution in [0.1, 0.15) is 6.92 Å². The van der Waals surface area contributed by atoms with Crippen molar-refractivity contribution in [1.29, 1.82) is 0 Å². The monoisotopic (exact) mass is 160 g/mol. The molecule has 0 aromatic heterocycles. The lowest BCUT2D eigenvalue weighted by molar-refractivity contribution is 0.150. The van der Waals surface area contributed by atoms with Crippen LogP contribution in [-0.4, -0.2) is 48.4 Å². The molecule has 0 saturated carbocycles. The van der Waals surface area contributed by atoms with Crippen molar-refractivity contribution in [3.8, 4) is 0 Å². The molecule has 1 saturated heterocycles. The number of hydrogen-bond acceptors (Lipinski definition) is 3. The van der Waals surface area contributed by atoms with E-state index >= 15 is 0 Å². The first-order valence-electron chi connectivity index (χ1n) is 3.81. The second kappa shape index (κ2) is 3.60. The van der Waals surface area contributed by atoms with E-state index in [0.29, 0.717) is 5.37 Å². The summed E-state index contributed by atoms with van der Waals surface area (Å²) in [5, 5.41) is 0.425. The van der Waals surface area contributed by atoms with Gasteiger partial charge in [0.15, 0.2) is 0 Å². The van der Waals surface area contributed by atoms with Crippen LogP contribution in [0.3, 0.4) is 0 Å². The molecule has 1 fully saturated rings. The highest BCUT2D eigenvalue weighted by Crippen LogP contribution is 2.06. The van der Waals surface area contributed by atoms with E-state index in [1.54, 1.807) is 0 Å². The fourth-order valence-electron chi connectivity index (χ4n) is 1.20. The standard InChI is InChI=1S/C7H16N2S/c1-7(10)9-5-3-8(2)4-6-9/h7,10H,3-6H2,1-2H3/t7-/m0/s1. The molecule has 0 spiro atoms. The van der Waals surface area contributed by atoms with Crippen molar-refractivity contribution in [3.05, 3.63) is 0 Å². The maximum atomic E-state index is 4.38. The summed E-state index contributed by atoms with van der Waals surface area (Å²) in [6.45, 7) is 6.84. The molecule has 2 nitrogen and oxygen atoms in total. The maximum absolute atomic E-state index is 4.38. The Morgan fingerprint density at radius 1 is 1.20 bits per heavy atom. The molecule has 1 heterocycles. The van der Waals surface area contributed by atoms with Crippen LogP contribution in [0.25, 0.3) is 0 Å². The number of thiol groups is 1. The van der Waals surface area contributed by atoms with E-state index in [1.807, 2.05) is 0 Å². The van der Waals surface area contributed by atoms with E-state index in [-0.39, 0.29) is 0 Å². The van der Waals surface area contributed by atoms with Gasteiger partial charge >= 0.3 is 0 Å². The Labute approximate surface area is 68.6 Å². The highest BCUT2D eigenvalue weighted by molar-refractivity contribution is 7.80. The summed E-state index contributed by atoms with van der Waals surface area (Å²) in [5.74, 6) is 0. The van der Waals surface area contributed by atoms with Gasteiger partial charge in [0.2, 0.25) is 0 Å². The van der Waals surface area contributed by atoms with Gasteiger partial charge in [-0.1, -0.05) is 0 Å². The Morgan fingerprint density at radius 3 is 2.10 bits per heavy atom. The van der Waals surface area contributed by atoms with Crippen LogP contribution in [0.15, 0.2) is 0 Å². The van der Waals surface area contributed by atoms with E-state index in [2.05, 4.69) is 36.4 Å². The molecule has 0 aromatic rings. The lowest BCUT2D eigenvalue weighted by atomic mass is 10.3. The molecule has 1 rings (SSSR count). The van der Waals surface area contributed by atoms with Crippen LogP contribution >= 0.6 is 12.6 Å². The van der Waals surface area contributed by atoms with Crippen molar-refractivity contribution in [2.24, 2.45) is 0 Å². The van der Waals surface area contributed by atoms with Crippen molar-refractivity contribution < 1.29 is 0 Å². The van der Waals surface area contributed by atoms with Gasteiger partial charge in [0.05, 0.1) is 0 Å². The molecule has 3 heteroatoms. The summed E-state index contributed by atoms with van der Waals surface area (Å²) in [6, 6.07) is 0. The first-order chi connectivity index (χ1) is 4.70. The molecule has 0 N–H and O–H groups in total. The number of likely N-dealkylation sites (N-methyl/N-ethyl adjacent to an activating group) is 1. The van der Waals surface area contributed by atoms with Gasteiger partial charge in [-0.2, -0.15) is 12.6 Å². The van der Waals surface area contributed by atoms with Crippen LogP contribution in [0.2, 0.25) is 0 Å². The largest absolute Gasteiger partial charge is 0.304 e. The molecule has 0 aliphatic carbocycles. The van der Waals surface area contributed by atoms with Gasteiger partial charge < -0.3 is 4.90 Å². The van der Waals surface area contributed by atoms with Crippen molar-refractivity contribution in [2.45, 2.75) is 12.3 Å². The van der Waals surface area contributed by atoms with E-state index in [9.17, 15) is 0 Å². The van der Waals surface area contributed by atoms with Crippen LogP contribution in [0.4, 0.5) is 0 Å². The fraction of sp³-hybridized carbons (Fsp3) is 1.00. The zero-order valence-corrected chi connectivity index (χ0v) is 7.64. The minimum atomic E-state index is 0.425. The van der Waals surface area contributed by atoms with E-state index in [1.165, 1.54) is 26.2 Å². The number of nitrogens with zero attached hydrogens (tertiary/aromatic N) is 2. The van der Waals surface area contributed by atoms with Gasteiger partial charge in [0.25, 0.3) is 0 Å². The van der Waals surface area contributed by atoms with Crippen molar-refractivity contribution in [1.82, 2.24) is 9.80 Å². The van der Waals surface area contributed by atoms with E-state index in [4.69, 9.17) is 0 Å². The first kappa shape index (κ1) is 8.37. The lowest BCUT2D eigenvalue weighted by Gasteiger charge is -2.34. The van der Waals surface area contributed by atoms with Crippen LogP contribution in [-0.2, 0) is 0 Å². The normalized spacial score (nSPS) is 26.7. The number of rotatable bonds is 1. The molecule has 0 aromatic carbocycles. The van der Waals surface area contributed by atoms with Gasteiger partial charge in [-0.25, -0.2) is 0 Å². The molecule has 0 bridgehead atoms. The molecule has 1 atom stereocenters. The SMILES string of the molecule is C[C@H](S)N1CCN(C)CC1. The molecule has 0 unspecified atom stereocenters. The van der Waals surface area contributed by atoms with Gasteiger partial charge in [0, 0.05) is 31.6 Å². The molecular formula is C7H16N2S. The summed E-state index contributed by atoms with van der Waals surface area (Å²) in [7, 11) is 2.17. The summed E-state index contributed by atoms with van der Waals surface area (Å²) in [4.78, 5) is 4.75. The molecule has 0 radical (unpaired) electrons. The minimum absolute atomic E-state index is 0.425. The van der Waals surface area contributed by atoms with Gasteiger partial charge in [-0.15, -0.1) is 0 Å². The van der Waals surface area contributed by atoms with Crippen molar-refractivity contribution in [3.63, 3.8) is 0 Å². The maximum Gasteiger partial charge on any atom is 0.0500 e.